The van der Waals surface area contributed by atoms with Crippen molar-refractivity contribution in [2.24, 2.45) is 23.7 Å². The first-order chi connectivity index (χ1) is 9.50. The van der Waals surface area contributed by atoms with Crippen LogP contribution in [-0.4, -0.2) is 5.11 Å². The Bertz CT molecular complexity index is 544. The summed E-state index contributed by atoms with van der Waals surface area (Å²) in [5, 5.41) is 11.3. The standard InChI is InChI=1S/C18H23FO/c1-10-6-11(2)17(16(19)7-10)18(20)9-12-8-15(18)14-5-3-4-13(12)14/h6-7,12-15,20H,3-5,8-9H2,1-2H3. The molecule has 3 aliphatic rings. The molecular formula is C18H23FO. The van der Waals surface area contributed by atoms with E-state index in [9.17, 15) is 9.50 Å². The molecule has 1 aromatic rings. The molecule has 0 spiro atoms. The summed E-state index contributed by atoms with van der Waals surface area (Å²) >= 11 is 0. The fourth-order valence-corrected chi connectivity index (χ4v) is 5.86. The van der Waals surface area contributed by atoms with Crippen molar-refractivity contribution in [1.82, 2.24) is 0 Å². The Balaban J connectivity index is 1.80. The summed E-state index contributed by atoms with van der Waals surface area (Å²) in [6.45, 7) is 3.86. The van der Waals surface area contributed by atoms with Crippen molar-refractivity contribution in [3.8, 4) is 0 Å². The van der Waals surface area contributed by atoms with Crippen molar-refractivity contribution >= 4 is 0 Å². The largest absolute Gasteiger partial charge is 0.385 e. The zero-order valence-electron chi connectivity index (χ0n) is 12.3. The van der Waals surface area contributed by atoms with Crippen LogP contribution in [0.1, 0.15) is 48.8 Å². The third-order valence-electron chi connectivity index (χ3n) is 6.36. The van der Waals surface area contributed by atoms with Gasteiger partial charge in [-0.25, -0.2) is 4.39 Å². The SMILES string of the molecule is Cc1cc(C)c(C2(O)CC3CC2C2CCCC32)c(F)c1. The highest BCUT2D eigenvalue weighted by Gasteiger charge is 2.61. The average molecular weight is 274 g/mol. The summed E-state index contributed by atoms with van der Waals surface area (Å²) in [5.74, 6) is 2.16. The molecule has 5 unspecified atom stereocenters. The van der Waals surface area contributed by atoms with Crippen LogP contribution >= 0.6 is 0 Å². The van der Waals surface area contributed by atoms with Crippen LogP contribution in [0.2, 0.25) is 0 Å². The molecule has 2 heteroatoms. The molecule has 1 aromatic carbocycles. The molecule has 0 aromatic heterocycles. The summed E-state index contributed by atoms with van der Waals surface area (Å²) in [6.07, 6.45) is 5.75. The lowest BCUT2D eigenvalue weighted by molar-refractivity contribution is -0.0542. The zero-order chi connectivity index (χ0) is 14.1. The van der Waals surface area contributed by atoms with Crippen LogP contribution in [0.25, 0.3) is 0 Å². The zero-order valence-corrected chi connectivity index (χ0v) is 12.3. The smallest absolute Gasteiger partial charge is 0.129 e. The first-order valence-electron chi connectivity index (χ1n) is 8.00. The van der Waals surface area contributed by atoms with Crippen molar-refractivity contribution in [3.63, 3.8) is 0 Å². The Kier molecular flexibility index (Phi) is 2.61. The van der Waals surface area contributed by atoms with Gasteiger partial charge in [-0.1, -0.05) is 12.5 Å². The summed E-state index contributed by atoms with van der Waals surface area (Å²) < 4.78 is 14.5. The molecular weight excluding hydrogens is 251 g/mol. The molecule has 2 bridgehead atoms. The summed E-state index contributed by atoms with van der Waals surface area (Å²) in [7, 11) is 0. The normalized spacial score (nSPS) is 42.2. The van der Waals surface area contributed by atoms with E-state index in [4.69, 9.17) is 0 Å². The maximum atomic E-state index is 14.5. The van der Waals surface area contributed by atoms with Crippen molar-refractivity contribution in [2.75, 3.05) is 0 Å². The number of rotatable bonds is 1. The van der Waals surface area contributed by atoms with Crippen molar-refractivity contribution in [2.45, 2.75) is 51.6 Å². The molecule has 5 atom stereocenters. The van der Waals surface area contributed by atoms with Gasteiger partial charge in [-0.05, 0) is 80.4 Å². The van der Waals surface area contributed by atoms with Gasteiger partial charge in [0, 0.05) is 5.56 Å². The molecule has 0 saturated heterocycles. The lowest BCUT2D eigenvalue weighted by atomic mass is 9.69. The lowest BCUT2D eigenvalue weighted by Crippen LogP contribution is -2.40. The number of aliphatic hydroxyl groups is 1. The van der Waals surface area contributed by atoms with E-state index >= 15 is 0 Å². The predicted molar refractivity (Wildman–Crippen MR) is 76.8 cm³/mol. The molecule has 0 radical (unpaired) electrons. The van der Waals surface area contributed by atoms with Gasteiger partial charge in [-0.2, -0.15) is 0 Å². The second-order valence-corrected chi connectivity index (χ2v) is 7.43. The van der Waals surface area contributed by atoms with E-state index in [1.807, 2.05) is 19.9 Å². The van der Waals surface area contributed by atoms with Gasteiger partial charge < -0.3 is 5.11 Å². The predicted octanol–water partition coefficient (Wildman–Crippen LogP) is 4.09. The van der Waals surface area contributed by atoms with Gasteiger partial charge in [-0.15, -0.1) is 0 Å². The molecule has 3 fully saturated rings. The van der Waals surface area contributed by atoms with E-state index in [1.165, 1.54) is 19.3 Å². The average Bonchev–Trinajstić information content (AvgIpc) is 2.97. The van der Waals surface area contributed by atoms with Crippen LogP contribution in [0, 0.1) is 43.3 Å². The number of hydrogen-bond acceptors (Lipinski definition) is 1. The lowest BCUT2D eigenvalue weighted by Gasteiger charge is -2.40. The first kappa shape index (κ1) is 12.8. The molecule has 0 aliphatic heterocycles. The van der Waals surface area contributed by atoms with Gasteiger partial charge in [0.05, 0.1) is 5.60 Å². The number of benzene rings is 1. The van der Waals surface area contributed by atoms with Gasteiger partial charge in [-0.3, -0.25) is 0 Å². The highest BCUT2D eigenvalue weighted by Crippen LogP contribution is 2.65. The van der Waals surface area contributed by atoms with Gasteiger partial charge in [0.25, 0.3) is 0 Å². The van der Waals surface area contributed by atoms with E-state index in [1.54, 1.807) is 6.07 Å². The molecule has 0 amide bonds. The van der Waals surface area contributed by atoms with Crippen molar-refractivity contribution in [1.29, 1.82) is 0 Å². The van der Waals surface area contributed by atoms with Crippen LogP contribution in [0.15, 0.2) is 12.1 Å². The Morgan fingerprint density at radius 2 is 1.95 bits per heavy atom. The van der Waals surface area contributed by atoms with Crippen LogP contribution < -0.4 is 0 Å². The first-order valence-corrected chi connectivity index (χ1v) is 8.00. The van der Waals surface area contributed by atoms with Crippen molar-refractivity contribution in [3.05, 3.63) is 34.6 Å². The Labute approximate surface area is 120 Å². The molecule has 3 saturated carbocycles. The summed E-state index contributed by atoms with van der Waals surface area (Å²) in [6, 6.07) is 3.59. The minimum atomic E-state index is -0.905. The summed E-state index contributed by atoms with van der Waals surface area (Å²) in [5.41, 5.74) is 1.56. The third-order valence-corrected chi connectivity index (χ3v) is 6.36. The van der Waals surface area contributed by atoms with E-state index in [0.717, 1.165) is 29.9 Å². The molecule has 3 aliphatic carbocycles. The van der Waals surface area contributed by atoms with Gasteiger partial charge in [0.1, 0.15) is 5.82 Å². The molecule has 0 heterocycles. The van der Waals surface area contributed by atoms with Gasteiger partial charge in [0.2, 0.25) is 0 Å². The molecule has 1 nitrogen and oxygen atoms in total. The molecule has 108 valence electrons. The minimum absolute atomic E-state index is 0.202. The maximum absolute atomic E-state index is 14.5. The Morgan fingerprint density at radius 3 is 2.70 bits per heavy atom. The second-order valence-electron chi connectivity index (χ2n) is 7.43. The van der Waals surface area contributed by atoms with Crippen molar-refractivity contribution < 1.29 is 9.50 Å². The highest BCUT2D eigenvalue weighted by atomic mass is 19.1. The fraction of sp³-hybridized carbons (Fsp3) is 0.667. The van der Waals surface area contributed by atoms with Crippen LogP contribution in [0.5, 0.6) is 0 Å². The molecule has 20 heavy (non-hydrogen) atoms. The van der Waals surface area contributed by atoms with Gasteiger partial charge in [0.15, 0.2) is 0 Å². The topological polar surface area (TPSA) is 20.2 Å². The highest BCUT2D eigenvalue weighted by molar-refractivity contribution is 5.38. The van der Waals surface area contributed by atoms with E-state index in [-0.39, 0.29) is 11.7 Å². The van der Waals surface area contributed by atoms with E-state index in [0.29, 0.717) is 17.4 Å². The minimum Gasteiger partial charge on any atom is -0.385 e. The maximum Gasteiger partial charge on any atom is 0.129 e. The fourth-order valence-electron chi connectivity index (χ4n) is 5.86. The summed E-state index contributed by atoms with van der Waals surface area (Å²) in [4.78, 5) is 0. The Hall–Kier alpha value is -0.890. The number of hydrogen-bond donors (Lipinski definition) is 1. The number of fused-ring (bicyclic) bond motifs is 5. The molecule has 1 N–H and O–H groups in total. The van der Waals surface area contributed by atoms with Crippen LogP contribution in [-0.2, 0) is 5.60 Å². The quantitative estimate of drug-likeness (QED) is 0.818. The van der Waals surface area contributed by atoms with Gasteiger partial charge >= 0.3 is 0 Å². The van der Waals surface area contributed by atoms with E-state index in [2.05, 4.69) is 0 Å². The number of halogens is 1. The van der Waals surface area contributed by atoms with Crippen LogP contribution in [0.3, 0.4) is 0 Å². The Morgan fingerprint density at radius 1 is 1.20 bits per heavy atom. The monoisotopic (exact) mass is 274 g/mol. The second kappa shape index (κ2) is 4.07. The van der Waals surface area contributed by atoms with Crippen LogP contribution in [0.4, 0.5) is 4.39 Å². The van der Waals surface area contributed by atoms with E-state index < -0.39 is 5.60 Å². The number of aryl methyl sites for hydroxylation is 2. The molecule has 4 rings (SSSR count). The third kappa shape index (κ3) is 1.52.